The Hall–Kier alpha value is -1.11. The molecule has 0 aliphatic carbocycles. The monoisotopic (exact) mass is 293 g/mol. The second-order valence-electron chi connectivity index (χ2n) is 6.18. The maximum atomic E-state index is 6.00. The molecule has 1 aromatic heterocycles. The highest BCUT2D eigenvalue weighted by molar-refractivity contribution is 5.33. The lowest BCUT2D eigenvalue weighted by Crippen LogP contribution is -2.46. The van der Waals surface area contributed by atoms with Crippen molar-refractivity contribution in [3.05, 3.63) is 12.4 Å². The average molecular weight is 293 g/mol. The van der Waals surface area contributed by atoms with E-state index in [-0.39, 0.29) is 0 Å². The predicted molar refractivity (Wildman–Crippen MR) is 83.5 cm³/mol. The smallest absolute Gasteiger partial charge is 0.205 e. The van der Waals surface area contributed by atoms with Crippen LogP contribution < -0.4 is 10.6 Å². The van der Waals surface area contributed by atoms with Gasteiger partial charge in [0.05, 0.1) is 6.61 Å². The normalized spacial score (nSPS) is 24.9. The number of nitrogens with two attached hydrogens (primary N) is 1. The first-order valence-corrected chi connectivity index (χ1v) is 8.02. The van der Waals surface area contributed by atoms with E-state index in [0.717, 1.165) is 58.1 Å². The molecule has 3 rings (SSSR count). The van der Waals surface area contributed by atoms with Gasteiger partial charge in [0.15, 0.2) is 0 Å². The number of hydrogen-bond acceptors (Lipinski definition) is 5. The number of nitrogens with zero attached hydrogens (tertiary/aromatic N) is 4. The molecule has 0 bridgehead atoms. The summed E-state index contributed by atoms with van der Waals surface area (Å²) >= 11 is 0. The number of hydrogen-bond donors (Lipinski definition) is 1. The SMILES string of the molecule is COCCn1ccnc1N1CCC(N2CCC(N)CC2)C1. The van der Waals surface area contributed by atoms with Crippen molar-refractivity contribution in [1.82, 2.24) is 14.5 Å². The van der Waals surface area contributed by atoms with E-state index >= 15 is 0 Å². The van der Waals surface area contributed by atoms with Gasteiger partial charge in [-0.1, -0.05) is 0 Å². The average Bonchev–Trinajstić information content (AvgIpc) is 3.14. The van der Waals surface area contributed by atoms with Crippen LogP contribution in [0.5, 0.6) is 0 Å². The number of rotatable bonds is 5. The van der Waals surface area contributed by atoms with Gasteiger partial charge in [0.2, 0.25) is 5.95 Å². The van der Waals surface area contributed by atoms with Crippen molar-refractivity contribution in [3.8, 4) is 0 Å². The minimum atomic E-state index is 0.409. The van der Waals surface area contributed by atoms with Gasteiger partial charge in [0.25, 0.3) is 0 Å². The van der Waals surface area contributed by atoms with Crippen LogP contribution in [0.15, 0.2) is 12.4 Å². The number of imidazole rings is 1. The highest BCUT2D eigenvalue weighted by Crippen LogP contribution is 2.24. The van der Waals surface area contributed by atoms with Crippen LogP contribution in [0.3, 0.4) is 0 Å². The van der Waals surface area contributed by atoms with Gasteiger partial charge in [-0.25, -0.2) is 4.98 Å². The van der Waals surface area contributed by atoms with Crippen molar-refractivity contribution in [1.29, 1.82) is 0 Å². The first-order valence-electron chi connectivity index (χ1n) is 8.02. The third kappa shape index (κ3) is 3.39. The standard InChI is InChI=1S/C15H27N5O/c1-21-11-10-19-9-5-17-15(19)20-8-4-14(12-20)18-6-2-13(16)3-7-18/h5,9,13-14H,2-4,6-8,10-12,16H2,1H3. The Kier molecular flexibility index (Phi) is 4.77. The molecule has 6 nitrogen and oxygen atoms in total. The summed E-state index contributed by atoms with van der Waals surface area (Å²) in [6.07, 6.45) is 7.43. The number of methoxy groups -OCH3 is 1. The quantitative estimate of drug-likeness (QED) is 0.858. The Morgan fingerprint density at radius 2 is 2.10 bits per heavy atom. The first kappa shape index (κ1) is 14.8. The minimum absolute atomic E-state index is 0.409. The lowest BCUT2D eigenvalue weighted by atomic mass is 10.0. The van der Waals surface area contributed by atoms with Crippen LogP contribution in [-0.4, -0.2) is 66.4 Å². The Balaban J connectivity index is 1.58. The molecule has 0 radical (unpaired) electrons. The van der Waals surface area contributed by atoms with Gasteiger partial charge in [0, 0.05) is 51.2 Å². The van der Waals surface area contributed by atoms with Crippen LogP contribution in [0.4, 0.5) is 5.95 Å². The van der Waals surface area contributed by atoms with Crippen LogP contribution in [0.25, 0.3) is 0 Å². The molecular formula is C15H27N5O. The van der Waals surface area contributed by atoms with Crippen molar-refractivity contribution < 1.29 is 4.74 Å². The predicted octanol–water partition coefficient (Wildman–Crippen LogP) is 0.531. The summed E-state index contributed by atoms with van der Waals surface area (Å²) in [6, 6.07) is 1.07. The zero-order valence-corrected chi connectivity index (χ0v) is 12.9. The zero-order chi connectivity index (χ0) is 14.7. The molecule has 0 aromatic carbocycles. The fraction of sp³-hybridized carbons (Fsp3) is 0.800. The zero-order valence-electron chi connectivity index (χ0n) is 12.9. The van der Waals surface area contributed by atoms with E-state index in [9.17, 15) is 0 Å². The molecule has 2 aliphatic heterocycles. The Morgan fingerprint density at radius 3 is 2.86 bits per heavy atom. The van der Waals surface area contributed by atoms with Crippen LogP contribution in [0.1, 0.15) is 19.3 Å². The molecule has 2 N–H and O–H groups in total. The molecule has 1 atom stereocenters. The van der Waals surface area contributed by atoms with E-state index < -0.39 is 0 Å². The third-order valence-corrected chi connectivity index (χ3v) is 4.77. The minimum Gasteiger partial charge on any atom is -0.383 e. The fourth-order valence-electron chi connectivity index (χ4n) is 3.45. The molecule has 6 heteroatoms. The second kappa shape index (κ2) is 6.77. The maximum Gasteiger partial charge on any atom is 0.205 e. The summed E-state index contributed by atoms with van der Waals surface area (Å²) in [7, 11) is 1.74. The van der Waals surface area contributed by atoms with Gasteiger partial charge in [-0.15, -0.1) is 0 Å². The largest absolute Gasteiger partial charge is 0.383 e. The van der Waals surface area contributed by atoms with Gasteiger partial charge >= 0.3 is 0 Å². The highest BCUT2D eigenvalue weighted by atomic mass is 16.5. The number of anilines is 1. The van der Waals surface area contributed by atoms with E-state index in [1.807, 2.05) is 12.4 Å². The van der Waals surface area contributed by atoms with Crippen LogP contribution in [0, 0.1) is 0 Å². The topological polar surface area (TPSA) is 59.5 Å². The molecule has 1 aromatic rings. The second-order valence-corrected chi connectivity index (χ2v) is 6.18. The molecule has 3 heterocycles. The van der Waals surface area contributed by atoms with Gasteiger partial charge in [-0.2, -0.15) is 0 Å². The summed E-state index contributed by atoms with van der Waals surface area (Å²) in [5.41, 5.74) is 6.00. The fourth-order valence-corrected chi connectivity index (χ4v) is 3.45. The van der Waals surface area contributed by atoms with Gasteiger partial charge in [-0.05, 0) is 32.4 Å². The van der Waals surface area contributed by atoms with Crippen LogP contribution in [-0.2, 0) is 11.3 Å². The molecule has 2 saturated heterocycles. The highest BCUT2D eigenvalue weighted by Gasteiger charge is 2.31. The summed E-state index contributed by atoms with van der Waals surface area (Å²) < 4.78 is 7.36. The van der Waals surface area contributed by atoms with Crippen LogP contribution in [0.2, 0.25) is 0 Å². The van der Waals surface area contributed by atoms with Crippen molar-refractivity contribution in [3.63, 3.8) is 0 Å². The van der Waals surface area contributed by atoms with E-state index in [0.29, 0.717) is 12.1 Å². The lowest BCUT2D eigenvalue weighted by Gasteiger charge is -2.34. The van der Waals surface area contributed by atoms with Gasteiger partial charge < -0.3 is 19.9 Å². The van der Waals surface area contributed by atoms with Crippen LogP contribution >= 0.6 is 0 Å². The number of aromatic nitrogens is 2. The van der Waals surface area contributed by atoms with E-state index in [2.05, 4.69) is 19.4 Å². The summed E-state index contributed by atoms with van der Waals surface area (Å²) in [5, 5.41) is 0. The summed E-state index contributed by atoms with van der Waals surface area (Å²) in [6.45, 7) is 6.07. The molecule has 21 heavy (non-hydrogen) atoms. The van der Waals surface area contributed by atoms with Gasteiger partial charge in [0.1, 0.15) is 0 Å². The Bertz CT molecular complexity index is 441. The number of ether oxygens (including phenoxy) is 1. The molecule has 118 valence electrons. The van der Waals surface area contributed by atoms with Crippen molar-refractivity contribution in [2.75, 3.05) is 44.8 Å². The van der Waals surface area contributed by atoms with E-state index in [1.54, 1.807) is 7.11 Å². The number of piperidine rings is 1. The van der Waals surface area contributed by atoms with E-state index in [4.69, 9.17) is 10.5 Å². The molecule has 2 fully saturated rings. The van der Waals surface area contributed by atoms with Crippen molar-refractivity contribution in [2.24, 2.45) is 5.73 Å². The third-order valence-electron chi connectivity index (χ3n) is 4.77. The number of likely N-dealkylation sites (tertiary alicyclic amines) is 1. The Morgan fingerprint density at radius 1 is 1.29 bits per heavy atom. The molecular weight excluding hydrogens is 266 g/mol. The maximum absolute atomic E-state index is 6.00. The molecule has 0 saturated carbocycles. The molecule has 0 spiro atoms. The van der Waals surface area contributed by atoms with Gasteiger partial charge in [-0.3, -0.25) is 4.90 Å². The van der Waals surface area contributed by atoms with Crippen molar-refractivity contribution >= 4 is 5.95 Å². The summed E-state index contributed by atoms with van der Waals surface area (Å²) in [5.74, 6) is 1.09. The molecule has 1 unspecified atom stereocenters. The molecule has 2 aliphatic rings. The Labute approximate surface area is 126 Å². The summed E-state index contributed by atoms with van der Waals surface area (Å²) in [4.78, 5) is 9.57. The van der Waals surface area contributed by atoms with E-state index in [1.165, 1.54) is 6.42 Å². The molecule has 0 amide bonds. The lowest BCUT2D eigenvalue weighted by molar-refractivity contribution is 0.163. The first-order chi connectivity index (χ1) is 10.3. The van der Waals surface area contributed by atoms with Crippen molar-refractivity contribution in [2.45, 2.75) is 37.9 Å².